The number of carbonyl (C=O) groups is 1. The third-order valence-corrected chi connectivity index (χ3v) is 8.58. The number of benzene rings is 1. The molecule has 1 aromatic rings. The Hall–Kier alpha value is -1.49. The summed E-state index contributed by atoms with van der Waals surface area (Å²) >= 11 is 0. The van der Waals surface area contributed by atoms with E-state index in [9.17, 15) is 21.6 Å². The second-order valence-electron chi connectivity index (χ2n) is 6.24. The van der Waals surface area contributed by atoms with Crippen LogP contribution in [0.25, 0.3) is 0 Å². The molecule has 0 aromatic heterocycles. The molecule has 1 aromatic carbocycles. The van der Waals surface area contributed by atoms with Crippen LogP contribution >= 0.6 is 0 Å². The minimum Gasteiger partial charge on any atom is -0.478 e. The molecule has 1 heterocycles. The van der Waals surface area contributed by atoms with Crippen LogP contribution in [0.5, 0.6) is 0 Å². The fraction of sp³-hybridized carbons (Fsp3) is 0.533. The van der Waals surface area contributed by atoms with Crippen LogP contribution in [0, 0.1) is 6.92 Å². The molecule has 1 atom stereocenters. The van der Waals surface area contributed by atoms with Crippen LogP contribution in [0.1, 0.15) is 28.8 Å². The van der Waals surface area contributed by atoms with Crippen LogP contribution in [-0.4, -0.2) is 69.0 Å². The summed E-state index contributed by atoms with van der Waals surface area (Å²) in [5, 5.41) is 8.21. The van der Waals surface area contributed by atoms with Crippen molar-refractivity contribution in [3.8, 4) is 0 Å². The Labute approximate surface area is 148 Å². The van der Waals surface area contributed by atoms with Crippen LogP contribution in [0.3, 0.4) is 0 Å². The predicted octanol–water partition coefficient (Wildman–Crippen LogP) is 0.738. The van der Waals surface area contributed by atoms with Crippen molar-refractivity contribution in [3.05, 3.63) is 29.3 Å². The zero-order chi connectivity index (χ0) is 19.0. The standard InChI is InChI=1S/C15H22N2O6S2/c1-11-9-12(15(18)19)6-7-14(11)25(22,23)17-8-4-5-13(10-17)24(20,21)16(2)3/h6-7,9,13H,4-5,8,10H2,1-3H3,(H,18,19). The highest BCUT2D eigenvalue weighted by molar-refractivity contribution is 7.90. The fourth-order valence-electron chi connectivity index (χ4n) is 2.88. The first-order valence-corrected chi connectivity index (χ1v) is 10.7. The molecular weight excluding hydrogens is 368 g/mol. The third kappa shape index (κ3) is 3.86. The fourth-order valence-corrected chi connectivity index (χ4v) is 6.13. The number of hydrogen-bond acceptors (Lipinski definition) is 5. The van der Waals surface area contributed by atoms with Gasteiger partial charge in [0.1, 0.15) is 0 Å². The van der Waals surface area contributed by atoms with Crippen LogP contribution < -0.4 is 0 Å². The first-order chi connectivity index (χ1) is 11.5. The topological polar surface area (TPSA) is 112 Å². The van der Waals surface area contributed by atoms with E-state index >= 15 is 0 Å². The molecule has 1 aliphatic heterocycles. The Morgan fingerprint density at radius 1 is 1.24 bits per heavy atom. The number of aromatic carboxylic acids is 1. The van der Waals surface area contributed by atoms with Crippen molar-refractivity contribution in [1.82, 2.24) is 8.61 Å². The number of aryl methyl sites for hydroxylation is 1. The zero-order valence-corrected chi connectivity index (χ0v) is 16.0. The Bertz CT molecular complexity index is 877. The minimum atomic E-state index is -3.90. The number of hydrogen-bond donors (Lipinski definition) is 1. The zero-order valence-electron chi connectivity index (χ0n) is 14.3. The van der Waals surface area contributed by atoms with Crippen molar-refractivity contribution in [2.45, 2.75) is 29.9 Å². The molecule has 1 saturated heterocycles. The van der Waals surface area contributed by atoms with Gasteiger partial charge < -0.3 is 5.11 Å². The molecule has 8 nitrogen and oxygen atoms in total. The van der Waals surface area contributed by atoms with E-state index in [-0.39, 0.29) is 23.5 Å². The minimum absolute atomic E-state index is 0.000371. The van der Waals surface area contributed by atoms with Gasteiger partial charge >= 0.3 is 5.97 Å². The molecule has 25 heavy (non-hydrogen) atoms. The maximum atomic E-state index is 12.9. The monoisotopic (exact) mass is 390 g/mol. The molecule has 0 spiro atoms. The number of carboxylic acids is 1. The van der Waals surface area contributed by atoms with Gasteiger partial charge in [-0.2, -0.15) is 4.31 Å². The third-order valence-electron chi connectivity index (χ3n) is 4.31. The van der Waals surface area contributed by atoms with Crippen molar-refractivity contribution < 1.29 is 26.7 Å². The highest BCUT2D eigenvalue weighted by atomic mass is 32.2. The Morgan fingerprint density at radius 3 is 2.40 bits per heavy atom. The molecule has 1 N–H and O–H groups in total. The molecule has 1 fully saturated rings. The van der Waals surface area contributed by atoms with Crippen molar-refractivity contribution >= 4 is 26.0 Å². The number of rotatable bonds is 5. The van der Waals surface area contributed by atoms with E-state index < -0.39 is 31.3 Å². The molecule has 10 heteroatoms. The maximum Gasteiger partial charge on any atom is 0.335 e. The Morgan fingerprint density at radius 2 is 1.88 bits per heavy atom. The lowest BCUT2D eigenvalue weighted by molar-refractivity contribution is 0.0696. The summed E-state index contributed by atoms with van der Waals surface area (Å²) in [6, 6.07) is 3.80. The Kier molecular flexibility index (Phi) is 5.57. The van der Waals surface area contributed by atoms with Crippen LogP contribution in [0.15, 0.2) is 23.1 Å². The van der Waals surface area contributed by atoms with Gasteiger partial charge in [-0.15, -0.1) is 0 Å². The van der Waals surface area contributed by atoms with Crippen LogP contribution in [-0.2, 0) is 20.0 Å². The van der Waals surface area contributed by atoms with Crippen molar-refractivity contribution in [3.63, 3.8) is 0 Å². The summed E-state index contributed by atoms with van der Waals surface area (Å²) in [5.74, 6) is -1.14. The summed E-state index contributed by atoms with van der Waals surface area (Å²) in [6.07, 6.45) is 0.854. The summed E-state index contributed by atoms with van der Waals surface area (Å²) in [7, 11) is -4.59. The second kappa shape index (κ2) is 7.02. The normalized spacial score (nSPS) is 19.9. The number of sulfonamides is 2. The van der Waals surface area contributed by atoms with Gasteiger partial charge in [0.2, 0.25) is 20.0 Å². The molecule has 0 bridgehead atoms. The van der Waals surface area contributed by atoms with Crippen molar-refractivity contribution in [2.24, 2.45) is 0 Å². The maximum absolute atomic E-state index is 12.9. The number of piperidine rings is 1. The van der Waals surface area contributed by atoms with Gasteiger partial charge in [-0.25, -0.2) is 25.9 Å². The van der Waals surface area contributed by atoms with Gasteiger partial charge in [0, 0.05) is 27.2 Å². The second-order valence-corrected chi connectivity index (χ2v) is 10.6. The molecule has 2 rings (SSSR count). The van der Waals surface area contributed by atoms with E-state index in [0.29, 0.717) is 18.4 Å². The molecule has 0 radical (unpaired) electrons. The van der Waals surface area contributed by atoms with E-state index in [2.05, 4.69) is 0 Å². The quantitative estimate of drug-likeness (QED) is 0.793. The van der Waals surface area contributed by atoms with Crippen LogP contribution in [0.2, 0.25) is 0 Å². The Balaban J connectivity index is 2.35. The molecule has 140 valence electrons. The van der Waals surface area contributed by atoms with Gasteiger partial charge in [-0.3, -0.25) is 0 Å². The highest BCUT2D eigenvalue weighted by Gasteiger charge is 2.37. The number of carboxylic acid groups (broad SMARTS) is 1. The first-order valence-electron chi connectivity index (χ1n) is 7.73. The van der Waals surface area contributed by atoms with E-state index in [0.717, 1.165) is 4.31 Å². The highest BCUT2D eigenvalue weighted by Crippen LogP contribution is 2.27. The summed E-state index contributed by atoms with van der Waals surface area (Å²) in [6.45, 7) is 1.65. The summed E-state index contributed by atoms with van der Waals surface area (Å²) < 4.78 is 52.7. The average molecular weight is 390 g/mol. The van der Waals surface area contributed by atoms with Gasteiger partial charge in [0.05, 0.1) is 15.7 Å². The van der Waals surface area contributed by atoms with Gasteiger partial charge in [0.15, 0.2) is 0 Å². The molecule has 0 saturated carbocycles. The van der Waals surface area contributed by atoms with Crippen molar-refractivity contribution in [1.29, 1.82) is 0 Å². The van der Waals surface area contributed by atoms with Gasteiger partial charge in [-0.1, -0.05) is 0 Å². The molecule has 0 aliphatic carbocycles. The largest absolute Gasteiger partial charge is 0.478 e. The van der Waals surface area contributed by atoms with Crippen molar-refractivity contribution in [2.75, 3.05) is 27.2 Å². The number of nitrogens with zero attached hydrogens (tertiary/aromatic N) is 2. The average Bonchev–Trinajstić information content (AvgIpc) is 2.54. The lowest BCUT2D eigenvalue weighted by atomic mass is 10.1. The predicted molar refractivity (Wildman–Crippen MR) is 92.5 cm³/mol. The smallest absolute Gasteiger partial charge is 0.335 e. The molecular formula is C15H22N2O6S2. The first kappa shape index (κ1) is 19.8. The molecule has 0 amide bonds. The van der Waals surface area contributed by atoms with Gasteiger partial charge in [-0.05, 0) is 43.5 Å². The molecule has 1 unspecified atom stereocenters. The van der Waals surface area contributed by atoms with Gasteiger partial charge in [0.25, 0.3) is 0 Å². The molecule has 1 aliphatic rings. The lowest BCUT2D eigenvalue weighted by Gasteiger charge is -2.33. The van der Waals surface area contributed by atoms with E-state index in [1.54, 1.807) is 0 Å². The summed E-state index contributed by atoms with van der Waals surface area (Å²) in [5.41, 5.74) is 0.320. The van der Waals surface area contributed by atoms with E-state index in [4.69, 9.17) is 5.11 Å². The van der Waals surface area contributed by atoms with E-state index in [1.807, 2.05) is 0 Å². The lowest BCUT2D eigenvalue weighted by Crippen LogP contribution is -2.48. The van der Waals surface area contributed by atoms with Crippen LogP contribution in [0.4, 0.5) is 0 Å². The summed E-state index contributed by atoms with van der Waals surface area (Å²) in [4.78, 5) is 11.0. The SMILES string of the molecule is Cc1cc(C(=O)O)ccc1S(=O)(=O)N1CCCC(S(=O)(=O)N(C)C)C1. The van der Waals surface area contributed by atoms with E-state index in [1.165, 1.54) is 43.5 Å².